The van der Waals surface area contributed by atoms with Crippen molar-refractivity contribution in [2.75, 3.05) is 26.2 Å². The smallest absolute Gasteiger partial charge is 0.219 e. The van der Waals surface area contributed by atoms with Crippen molar-refractivity contribution in [2.45, 2.75) is 26.9 Å². The van der Waals surface area contributed by atoms with Gasteiger partial charge in [-0.2, -0.15) is 0 Å². The summed E-state index contributed by atoms with van der Waals surface area (Å²) >= 11 is 1.73. The highest BCUT2D eigenvalue weighted by atomic mass is 32.1. The molecule has 1 saturated heterocycles. The third-order valence-corrected chi connectivity index (χ3v) is 7.15. The zero-order valence-electron chi connectivity index (χ0n) is 18.6. The number of nitrogens with zero attached hydrogens (tertiary/aromatic N) is 4. The summed E-state index contributed by atoms with van der Waals surface area (Å²) in [6.07, 6.45) is 0. The minimum absolute atomic E-state index is 0.168. The van der Waals surface area contributed by atoms with Crippen LogP contribution in [0, 0.1) is 0 Å². The highest BCUT2D eigenvalue weighted by Crippen LogP contribution is 2.41. The molecule has 1 aliphatic rings. The Morgan fingerprint density at radius 2 is 1.72 bits per heavy atom. The number of aromatic nitrogens is 2. The number of rotatable bonds is 5. The predicted octanol–water partition coefficient (Wildman–Crippen LogP) is 5.12. The third kappa shape index (κ3) is 3.85. The van der Waals surface area contributed by atoms with E-state index >= 15 is 0 Å². The lowest BCUT2D eigenvalue weighted by Gasteiger charge is -2.33. The quantitative estimate of drug-likeness (QED) is 0.429. The number of amides is 1. The van der Waals surface area contributed by atoms with Crippen LogP contribution in [0.3, 0.4) is 0 Å². The molecule has 2 aromatic carbocycles. The van der Waals surface area contributed by atoms with Gasteiger partial charge in [0.15, 0.2) is 0 Å². The van der Waals surface area contributed by atoms with Crippen LogP contribution < -0.4 is 0 Å². The second-order valence-electron chi connectivity index (χ2n) is 8.26. The van der Waals surface area contributed by atoms with E-state index in [0.29, 0.717) is 0 Å². The number of thiazole rings is 1. The number of benzene rings is 2. The number of fused-ring (bicyclic) bond motifs is 1. The molecule has 2 aromatic heterocycles. The molecule has 3 heterocycles. The minimum atomic E-state index is 0.168. The summed E-state index contributed by atoms with van der Waals surface area (Å²) in [5, 5.41) is 4.58. The van der Waals surface area contributed by atoms with Crippen molar-refractivity contribution in [3.63, 3.8) is 0 Å². The lowest BCUT2D eigenvalue weighted by atomic mass is 10.0. The van der Waals surface area contributed by atoms with Gasteiger partial charge in [-0.05, 0) is 18.6 Å². The van der Waals surface area contributed by atoms with Crippen molar-refractivity contribution in [1.29, 1.82) is 0 Å². The van der Waals surface area contributed by atoms with E-state index in [1.165, 1.54) is 27.7 Å². The summed E-state index contributed by atoms with van der Waals surface area (Å²) in [6, 6.07) is 19.3. The molecule has 5 rings (SSSR count). The minimum Gasteiger partial charge on any atom is -0.340 e. The second kappa shape index (κ2) is 8.88. The molecule has 0 atom stereocenters. The molecular formula is C26H28N4OS. The largest absolute Gasteiger partial charge is 0.340 e. The number of piperazine rings is 1. The first kappa shape index (κ1) is 20.9. The monoisotopic (exact) mass is 444 g/mol. The van der Waals surface area contributed by atoms with Crippen molar-refractivity contribution < 1.29 is 4.79 Å². The van der Waals surface area contributed by atoms with Gasteiger partial charge < -0.3 is 9.47 Å². The first-order valence-electron chi connectivity index (χ1n) is 11.2. The predicted molar refractivity (Wildman–Crippen MR) is 132 cm³/mol. The molecule has 0 aliphatic carbocycles. The molecule has 0 bridgehead atoms. The van der Waals surface area contributed by atoms with Crippen LogP contribution in [-0.4, -0.2) is 51.4 Å². The number of hydrogen-bond donors (Lipinski definition) is 0. The van der Waals surface area contributed by atoms with Gasteiger partial charge in [0, 0.05) is 61.5 Å². The van der Waals surface area contributed by atoms with Gasteiger partial charge in [-0.3, -0.25) is 9.69 Å². The summed E-state index contributed by atoms with van der Waals surface area (Å²) in [5.41, 5.74) is 5.97. The number of para-hydroxylation sites is 1. The van der Waals surface area contributed by atoms with Crippen LogP contribution in [-0.2, 0) is 17.9 Å². The van der Waals surface area contributed by atoms with E-state index in [1.807, 2.05) is 4.90 Å². The average Bonchev–Trinajstić information content (AvgIpc) is 3.41. The van der Waals surface area contributed by atoms with Crippen LogP contribution >= 0.6 is 11.3 Å². The highest BCUT2D eigenvalue weighted by Gasteiger charge is 2.23. The molecule has 1 amide bonds. The fourth-order valence-corrected chi connectivity index (χ4v) is 5.52. The Kier molecular flexibility index (Phi) is 5.81. The average molecular weight is 445 g/mol. The standard InChI is InChI=1S/C26H28N4OS/c1-3-30-23-12-8-7-11-21(23)25(26(30)20-9-5-4-6-10-20)22-18-32-24(27-22)17-28-13-15-29(16-14-28)19(2)31/h4-12,18H,3,13-17H2,1-2H3. The summed E-state index contributed by atoms with van der Waals surface area (Å²) in [4.78, 5) is 21.0. The number of aryl methyl sites for hydroxylation is 1. The Morgan fingerprint density at radius 3 is 2.44 bits per heavy atom. The van der Waals surface area contributed by atoms with Crippen molar-refractivity contribution in [1.82, 2.24) is 19.4 Å². The molecule has 164 valence electrons. The molecule has 5 nitrogen and oxygen atoms in total. The third-order valence-electron chi connectivity index (χ3n) is 6.32. The lowest BCUT2D eigenvalue weighted by molar-refractivity contribution is -0.130. The van der Waals surface area contributed by atoms with E-state index in [1.54, 1.807) is 18.3 Å². The highest BCUT2D eigenvalue weighted by molar-refractivity contribution is 7.10. The number of hydrogen-bond acceptors (Lipinski definition) is 4. The number of carbonyl (C=O) groups excluding carboxylic acids is 1. The summed E-state index contributed by atoms with van der Waals surface area (Å²) in [7, 11) is 0. The molecular weight excluding hydrogens is 416 g/mol. The molecule has 32 heavy (non-hydrogen) atoms. The van der Waals surface area contributed by atoms with Gasteiger partial charge in [-0.15, -0.1) is 11.3 Å². The molecule has 0 unspecified atom stereocenters. The lowest BCUT2D eigenvalue weighted by Crippen LogP contribution is -2.47. The van der Waals surface area contributed by atoms with Crippen LogP contribution in [0.2, 0.25) is 0 Å². The van der Waals surface area contributed by atoms with Crippen molar-refractivity contribution >= 4 is 28.1 Å². The maximum atomic E-state index is 11.6. The van der Waals surface area contributed by atoms with Gasteiger partial charge in [0.25, 0.3) is 0 Å². The zero-order valence-corrected chi connectivity index (χ0v) is 19.4. The molecule has 0 spiro atoms. The first-order valence-corrected chi connectivity index (χ1v) is 12.1. The summed E-state index contributed by atoms with van der Waals surface area (Å²) in [6.45, 7) is 9.00. The van der Waals surface area contributed by atoms with Crippen LogP contribution in [0.1, 0.15) is 18.9 Å². The topological polar surface area (TPSA) is 41.4 Å². The summed E-state index contributed by atoms with van der Waals surface area (Å²) < 4.78 is 2.40. The zero-order chi connectivity index (χ0) is 22.1. The number of carbonyl (C=O) groups is 1. The Hall–Kier alpha value is -2.96. The molecule has 6 heteroatoms. The van der Waals surface area contributed by atoms with Crippen molar-refractivity contribution in [3.8, 4) is 22.5 Å². The Balaban J connectivity index is 1.51. The van der Waals surface area contributed by atoms with E-state index < -0.39 is 0 Å². The van der Waals surface area contributed by atoms with Crippen LogP contribution in [0.5, 0.6) is 0 Å². The molecule has 0 saturated carbocycles. The molecule has 4 aromatic rings. The fourth-order valence-electron chi connectivity index (χ4n) is 4.70. The molecule has 1 aliphatic heterocycles. The van der Waals surface area contributed by atoms with E-state index in [9.17, 15) is 4.79 Å². The van der Waals surface area contributed by atoms with E-state index in [0.717, 1.165) is 50.0 Å². The maximum Gasteiger partial charge on any atom is 0.219 e. The van der Waals surface area contributed by atoms with Gasteiger partial charge in [0.2, 0.25) is 5.91 Å². The van der Waals surface area contributed by atoms with Crippen LogP contribution in [0.25, 0.3) is 33.4 Å². The van der Waals surface area contributed by atoms with Crippen LogP contribution in [0.15, 0.2) is 60.0 Å². The fraction of sp³-hybridized carbons (Fsp3) is 0.308. The maximum absolute atomic E-state index is 11.6. The van der Waals surface area contributed by atoms with Gasteiger partial charge in [0.05, 0.1) is 17.9 Å². The first-order chi connectivity index (χ1) is 15.7. The van der Waals surface area contributed by atoms with Crippen LogP contribution in [0.4, 0.5) is 0 Å². The second-order valence-corrected chi connectivity index (χ2v) is 9.20. The van der Waals surface area contributed by atoms with Crippen molar-refractivity contribution in [3.05, 3.63) is 65.0 Å². The van der Waals surface area contributed by atoms with E-state index in [4.69, 9.17) is 4.98 Å². The van der Waals surface area contributed by atoms with E-state index in [2.05, 4.69) is 76.4 Å². The van der Waals surface area contributed by atoms with Gasteiger partial charge in [-0.1, -0.05) is 48.5 Å². The molecule has 0 radical (unpaired) electrons. The van der Waals surface area contributed by atoms with E-state index in [-0.39, 0.29) is 5.91 Å². The molecule has 0 N–H and O–H groups in total. The Morgan fingerprint density at radius 1 is 1.00 bits per heavy atom. The van der Waals surface area contributed by atoms with Gasteiger partial charge in [-0.25, -0.2) is 4.98 Å². The molecule has 1 fully saturated rings. The SMILES string of the molecule is CCn1c(-c2ccccc2)c(-c2csc(CN3CCN(C(C)=O)CC3)n2)c2ccccc21. The summed E-state index contributed by atoms with van der Waals surface area (Å²) in [5.74, 6) is 0.168. The normalized spacial score (nSPS) is 14.9. The Bertz CT molecular complexity index is 1240. The van der Waals surface area contributed by atoms with Gasteiger partial charge in [0.1, 0.15) is 5.01 Å². The van der Waals surface area contributed by atoms with Gasteiger partial charge >= 0.3 is 0 Å². The Labute approximate surface area is 192 Å². The van der Waals surface area contributed by atoms with Crippen molar-refractivity contribution in [2.24, 2.45) is 0 Å².